The summed E-state index contributed by atoms with van der Waals surface area (Å²) in [5.74, 6) is -0.352. The predicted molar refractivity (Wildman–Crippen MR) is 96.1 cm³/mol. The summed E-state index contributed by atoms with van der Waals surface area (Å²) < 4.78 is 26.9. The standard InChI is InChI=1S/C15H31N3O3S.ClH/c1-4-15(5-2,11-16)17-14(19)10-22(20,21)18-13-8-6-12(3)7-9-13;/h12-13,18H,4-11,16H2,1-3H3,(H,17,19);1H. The molecule has 1 aliphatic carbocycles. The summed E-state index contributed by atoms with van der Waals surface area (Å²) in [6.07, 6.45) is 5.11. The molecule has 4 N–H and O–H groups in total. The number of carbonyl (C=O) groups excluding carboxylic acids is 1. The summed E-state index contributed by atoms with van der Waals surface area (Å²) in [4.78, 5) is 12.1. The Bertz CT molecular complexity index is 450. The Morgan fingerprint density at radius 2 is 1.70 bits per heavy atom. The van der Waals surface area contributed by atoms with Crippen LogP contribution >= 0.6 is 12.4 Å². The lowest BCUT2D eigenvalue weighted by atomic mass is 9.88. The minimum atomic E-state index is -3.60. The van der Waals surface area contributed by atoms with E-state index in [1.807, 2.05) is 13.8 Å². The topological polar surface area (TPSA) is 101 Å². The number of hydrogen-bond donors (Lipinski definition) is 3. The number of rotatable bonds is 8. The quantitative estimate of drug-likeness (QED) is 0.604. The van der Waals surface area contributed by atoms with Gasteiger partial charge in [-0.25, -0.2) is 13.1 Å². The molecule has 0 atom stereocenters. The Balaban J connectivity index is 0.00000484. The van der Waals surface area contributed by atoms with Crippen molar-refractivity contribution in [2.75, 3.05) is 12.3 Å². The van der Waals surface area contributed by atoms with Crippen molar-refractivity contribution in [2.24, 2.45) is 11.7 Å². The molecule has 1 fully saturated rings. The molecule has 0 aromatic carbocycles. The molecule has 0 bridgehead atoms. The molecule has 23 heavy (non-hydrogen) atoms. The molecular weight excluding hydrogens is 338 g/mol. The van der Waals surface area contributed by atoms with Gasteiger partial charge in [0.15, 0.2) is 0 Å². The summed E-state index contributed by atoms with van der Waals surface area (Å²) in [5, 5.41) is 2.80. The molecule has 0 aromatic rings. The average molecular weight is 370 g/mol. The molecule has 1 rings (SSSR count). The van der Waals surface area contributed by atoms with E-state index in [-0.39, 0.29) is 18.4 Å². The Kier molecular flexibility index (Phi) is 9.65. The number of halogens is 1. The fourth-order valence-electron chi connectivity index (χ4n) is 2.94. The van der Waals surface area contributed by atoms with Crippen LogP contribution in [0.3, 0.4) is 0 Å². The Morgan fingerprint density at radius 3 is 2.13 bits per heavy atom. The van der Waals surface area contributed by atoms with Crippen LogP contribution in [0.2, 0.25) is 0 Å². The monoisotopic (exact) mass is 369 g/mol. The highest BCUT2D eigenvalue weighted by atomic mass is 35.5. The van der Waals surface area contributed by atoms with Crippen molar-refractivity contribution < 1.29 is 13.2 Å². The summed E-state index contributed by atoms with van der Waals surface area (Å²) in [5.41, 5.74) is 5.22. The number of nitrogens with two attached hydrogens (primary N) is 1. The van der Waals surface area contributed by atoms with Crippen LogP contribution < -0.4 is 15.8 Å². The van der Waals surface area contributed by atoms with Gasteiger partial charge in [0.25, 0.3) is 0 Å². The molecule has 0 aromatic heterocycles. The lowest BCUT2D eigenvalue weighted by molar-refractivity contribution is -0.120. The van der Waals surface area contributed by atoms with Crippen LogP contribution in [0.1, 0.15) is 59.3 Å². The second-order valence-corrected chi connectivity index (χ2v) is 8.33. The summed E-state index contributed by atoms with van der Waals surface area (Å²) in [6, 6.07) is -0.0365. The van der Waals surface area contributed by atoms with Crippen molar-refractivity contribution in [2.45, 2.75) is 70.9 Å². The SMILES string of the molecule is CCC(CC)(CN)NC(=O)CS(=O)(=O)NC1CCC(C)CC1.Cl. The van der Waals surface area contributed by atoms with Gasteiger partial charge in [0.05, 0.1) is 5.54 Å². The Morgan fingerprint density at radius 1 is 1.17 bits per heavy atom. The zero-order chi connectivity index (χ0) is 16.8. The van der Waals surface area contributed by atoms with Crippen LogP contribution in [0.5, 0.6) is 0 Å². The van der Waals surface area contributed by atoms with Gasteiger partial charge >= 0.3 is 0 Å². The van der Waals surface area contributed by atoms with E-state index in [0.29, 0.717) is 25.3 Å². The van der Waals surface area contributed by atoms with Crippen molar-refractivity contribution in [3.63, 3.8) is 0 Å². The van der Waals surface area contributed by atoms with E-state index in [4.69, 9.17) is 5.73 Å². The Hall–Kier alpha value is -0.370. The van der Waals surface area contributed by atoms with Crippen molar-refractivity contribution in [3.05, 3.63) is 0 Å². The molecule has 0 saturated heterocycles. The van der Waals surface area contributed by atoms with Gasteiger partial charge in [-0.1, -0.05) is 20.8 Å². The Labute approximate surface area is 146 Å². The van der Waals surface area contributed by atoms with Crippen LogP contribution in [-0.4, -0.2) is 38.2 Å². The molecule has 0 spiro atoms. The van der Waals surface area contributed by atoms with Crippen molar-refractivity contribution in [1.82, 2.24) is 10.0 Å². The van der Waals surface area contributed by atoms with Gasteiger partial charge < -0.3 is 11.1 Å². The lowest BCUT2D eigenvalue weighted by Gasteiger charge is -2.31. The molecule has 6 nitrogen and oxygen atoms in total. The smallest absolute Gasteiger partial charge is 0.237 e. The fourth-order valence-corrected chi connectivity index (χ4v) is 4.19. The summed E-state index contributed by atoms with van der Waals surface area (Å²) in [6.45, 7) is 6.36. The third-order valence-electron chi connectivity index (χ3n) is 4.83. The number of carbonyl (C=O) groups is 1. The van der Waals surface area contributed by atoms with Crippen LogP contribution in [0.25, 0.3) is 0 Å². The summed E-state index contributed by atoms with van der Waals surface area (Å²) >= 11 is 0. The molecule has 8 heteroatoms. The third kappa shape index (κ3) is 7.37. The molecule has 0 heterocycles. The number of sulfonamides is 1. The second kappa shape index (κ2) is 9.81. The molecule has 0 aliphatic heterocycles. The molecule has 1 saturated carbocycles. The van der Waals surface area contributed by atoms with Crippen LogP contribution in [0.15, 0.2) is 0 Å². The van der Waals surface area contributed by atoms with Crippen molar-refractivity contribution in [3.8, 4) is 0 Å². The van der Waals surface area contributed by atoms with E-state index in [9.17, 15) is 13.2 Å². The van der Waals surface area contributed by atoms with Gasteiger partial charge in [0, 0.05) is 12.6 Å². The molecule has 1 amide bonds. The molecule has 0 unspecified atom stereocenters. The highest BCUT2D eigenvalue weighted by Gasteiger charge is 2.29. The molecule has 0 radical (unpaired) electrons. The van der Waals surface area contributed by atoms with E-state index < -0.39 is 27.2 Å². The highest BCUT2D eigenvalue weighted by Crippen LogP contribution is 2.23. The first-order valence-corrected chi connectivity index (χ1v) is 9.92. The van der Waals surface area contributed by atoms with E-state index in [2.05, 4.69) is 17.0 Å². The highest BCUT2D eigenvalue weighted by molar-refractivity contribution is 7.90. The van der Waals surface area contributed by atoms with Gasteiger partial charge in [-0.3, -0.25) is 4.79 Å². The fraction of sp³-hybridized carbons (Fsp3) is 0.933. The van der Waals surface area contributed by atoms with Gasteiger partial charge in [-0.2, -0.15) is 0 Å². The van der Waals surface area contributed by atoms with E-state index in [0.717, 1.165) is 25.7 Å². The van der Waals surface area contributed by atoms with E-state index in [1.54, 1.807) is 0 Å². The number of hydrogen-bond acceptors (Lipinski definition) is 4. The van der Waals surface area contributed by atoms with Crippen LogP contribution in [0.4, 0.5) is 0 Å². The van der Waals surface area contributed by atoms with Crippen molar-refractivity contribution >= 4 is 28.3 Å². The average Bonchev–Trinajstić information content (AvgIpc) is 2.46. The third-order valence-corrected chi connectivity index (χ3v) is 6.17. The molecular formula is C15H32ClN3O3S. The second-order valence-electron chi connectivity index (χ2n) is 6.57. The zero-order valence-electron chi connectivity index (χ0n) is 14.4. The van der Waals surface area contributed by atoms with Gasteiger partial charge in [0.1, 0.15) is 5.75 Å². The number of nitrogens with one attached hydrogen (secondary N) is 2. The minimum absolute atomic E-state index is 0. The van der Waals surface area contributed by atoms with Gasteiger partial charge in [-0.15, -0.1) is 12.4 Å². The van der Waals surface area contributed by atoms with E-state index in [1.165, 1.54) is 0 Å². The predicted octanol–water partition coefficient (Wildman–Crippen LogP) is 1.54. The van der Waals surface area contributed by atoms with Crippen LogP contribution in [-0.2, 0) is 14.8 Å². The molecule has 138 valence electrons. The van der Waals surface area contributed by atoms with Gasteiger partial charge in [-0.05, 0) is 44.4 Å². The summed E-state index contributed by atoms with van der Waals surface area (Å²) in [7, 11) is -3.60. The van der Waals surface area contributed by atoms with Crippen molar-refractivity contribution in [1.29, 1.82) is 0 Å². The number of amides is 1. The first-order chi connectivity index (χ1) is 10.3. The normalized spacial score (nSPS) is 22.3. The minimum Gasteiger partial charge on any atom is -0.348 e. The lowest BCUT2D eigenvalue weighted by Crippen LogP contribution is -2.55. The maximum atomic E-state index is 12.1. The maximum absolute atomic E-state index is 12.1. The maximum Gasteiger partial charge on any atom is 0.237 e. The molecule has 1 aliphatic rings. The first-order valence-electron chi connectivity index (χ1n) is 8.27. The van der Waals surface area contributed by atoms with Crippen LogP contribution in [0, 0.1) is 5.92 Å². The zero-order valence-corrected chi connectivity index (χ0v) is 16.1. The largest absolute Gasteiger partial charge is 0.348 e. The van der Waals surface area contributed by atoms with E-state index >= 15 is 0 Å². The van der Waals surface area contributed by atoms with Gasteiger partial charge in [0.2, 0.25) is 15.9 Å². The first kappa shape index (κ1) is 22.6.